The molecule has 0 aliphatic carbocycles. The molecular weight excluding hydrogens is 186 g/mol. The smallest absolute Gasteiger partial charge is 0.0530 e. The van der Waals surface area contributed by atoms with Crippen LogP contribution in [0.3, 0.4) is 0 Å². The van der Waals surface area contributed by atoms with Gasteiger partial charge in [0.05, 0.1) is 6.61 Å². The van der Waals surface area contributed by atoms with Crippen LogP contribution in [-0.2, 0) is 4.74 Å². The summed E-state index contributed by atoms with van der Waals surface area (Å²) < 4.78 is 5.42. The summed E-state index contributed by atoms with van der Waals surface area (Å²) in [7, 11) is 1.82. The lowest BCUT2D eigenvalue weighted by molar-refractivity contribution is 0.0543. The highest BCUT2D eigenvalue weighted by Gasteiger charge is 2.29. The molecule has 1 unspecified atom stereocenters. The molecule has 0 bridgehead atoms. The van der Waals surface area contributed by atoms with E-state index in [0.29, 0.717) is 5.41 Å². The second-order valence-electron chi connectivity index (χ2n) is 5.06. The van der Waals surface area contributed by atoms with Crippen LogP contribution in [0.4, 0.5) is 0 Å². The highest BCUT2D eigenvalue weighted by Crippen LogP contribution is 2.31. The summed E-state index contributed by atoms with van der Waals surface area (Å²) in [4.78, 5) is 0. The number of nitrogens with one attached hydrogen (secondary N) is 1. The highest BCUT2D eigenvalue weighted by molar-refractivity contribution is 4.82. The molecule has 0 rings (SSSR count). The van der Waals surface area contributed by atoms with Crippen LogP contribution in [0.15, 0.2) is 0 Å². The number of ether oxygens (including phenoxy) is 1. The van der Waals surface area contributed by atoms with Crippen LogP contribution in [0, 0.1) is 11.3 Å². The third-order valence-corrected chi connectivity index (χ3v) is 2.82. The van der Waals surface area contributed by atoms with Crippen LogP contribution in [0.5, 0.6) is 0 Å². The Morgan fingerprint density at radius 3 is 2.33 bits per heavy atom. The second-order valence-corrected chi connectivity index (χ2v) is 5.06. The summed E-state index contributed by atoms with van der Waals surface area (Å²) in [6.45, 7) is 12.0. The largest absolute Gasteiger partial charge is 0.384 e. The predicted octanol–water partition coefficient (Wildman–Crippen LogP) is 3.07. The van der Waals surface area contributed by atoms with E-state index in [2.05, 4.69) is 33.0 Å². The lowest BCUT2D eigenvalue weighted by Gasteiger charge is -2.35. The van der Waals surface area contributed by atoms with Crippen molar-refractivity contribution in [1.29, 1.82) is 0 Å². The SMILES string of the molecule is CCCC(CNCC)(COC)CC(C)C. The Kier molecular flexibility index (Phi) is 8.07. The van der Waals surface area contributed by atoms with E-state index in [-0.39, 0.29) is 0 Å². The van der Waals surface area contributed by atoms with Gasteiger partial charge >= 0.3 is 0 Å². The number of hydrogen-bond donors (Lipinski definition) is 1. The Morgan fingerprint density at radius 1 is 1.27 bits per heavy atom. The molecule has 0 aliphatic rings. The highest BCUT2D eigenvalue weighted by atomic mass is 16.5. The maximum atomic E-state index is 5.42. The Balaban J connectivity index is 4.40. The van der Waals surface area contributed by atoms with Crippen molar-refractivity contribution in [1.82, 2.24) is 5.32 Å². The molecular formula is C13H29NO. The Labute approximate surface area is 95.8 Å². The fourth-order valence-electron chi connectivity index (χ4n) is 2.54. The van der Waals surface area contributed by atoms with Gasteiger partial charge in [-0.1, -0.05) is 34.1 Å². The number of rotatable bonds is 9. The second kappa shape index (κ2) is 8.12. The van der Waals surface area contributed by atoms with Gasteiger partial charge in [0.2, 0.25) is 0 Å². The first-order valence-corrected chi connectivity index (χ1v) is 6.30. The molecule has 1 N–H and O–H groups in total. The summed E-state index contributed by atoms with van der Waals surface area (Å²) in [5.41, 5.74) is 0.341. The molecule has 0 fully saturated rings. The maximum absolute atomic E-state index is 5.42. The molecule has 0 amide bonds. The molecule has 1 atom stereocenters. The lowest BCUT2D eigenvalue weighted by atomic mass is 9.77. The molecule has 0 saturated heterocycles. The summed E-state index contributed by atoms with van der Waals surface area (Å²) in [5.74, 6) is 0.741. The van der Waals surface area contributed by atoms with Crippen LogP contribution < -0.4 is 5.32 Å². The topological polar surface area (TPSA) is 21.3 Å². The van der Waals surface area contributed by atoms with E-state index >= 15 is 0 Å². The molecule has 0 aromatic carbocycles. The number of hydrogen-bond acceptors (Lipinski definition) is 2. The summed E-state index contributed by atoms with van der Waals surface area (Å²) in [5, 5.41) is 3.48. The monoisotopic (exact) mass is 215 g/mol. The fraction of sp³-hybridized carbons (Fsp3) is 1.00. The Hall–Kier alpha value is -0.0800. The molecule has 15 heavy (non-hydrogen) atoms. The Morgan fingerprint density at radius 2 is 1.93 bits per heavy atom. The van der Waals surface area contributed by atoms with Crippen LogP contribution in [-0.4, -0.2) is 26.8 Å². The first kappa shape index (κ1) is 14.9. The van der Waals surface area contributed by atoms with Crippen molar-refractivity contribution >= 4 is 0 Å². The van der Waals surface area contributed by atoms with E-state index in [4.69, 9.17) is 4.74 Å². The van der Waals surface area contributed by atoms with E-state index in [0.717, 1.165) is 25.6 Å². The molecule has 0 radical (unpaired) electrons. The zero-order chi connectivity index (χ0) is 11.7. The zero-order valence-electron chi connectivity index (χ0n) is 11.2. The standard InChI is InChI=1S/C13H29NO/c1-6-8-13(11-15-5,9-12(3)4)10-14-7-2/h12,14H,6-11H2,1-5H3. The van der Waals surface area contributed by atoms with Crippen molar-refractivity contribution in [2.45, 2.75) is 47.0 Å². The van der Waals surface area contributed by atoms with Gasteiger partial charge in [0.25, 0.3) is 0 Å². The maximum Gasteiger partial charge on any atom is 0.0530 e. The van der Waals surface area contributed by atoms with Gasteiger partial charge in [0, 0.05) is 19.1 Å². The molecule has 0 aliphatic heterocycles. The van der Waals surface area contributed by atoms with Crippen LogP contribution in [0.2, 0.25) is 0 Å². The van der Waals surface area contributed by atoms with E-state index in [1.807, 2.05) is 7.11 Å². The van der Waals surface area contributed by atoms with E-state index < -0.39 is 0 Å². The first-order valence-electron chi connectivity index (χ1n) is 6.30. The van der Waals surface area contributed by atoms with Gasteiger partial charge in [-0.25, -0.2) is 0 Å². The van der Waals surface area contributed by atoms with Crippen LogP contribution >= 0.6 is 0 Å². The summed E-state index contributed by atoms with van der Waals surface area (Å²) in [6, 6.07) is 0. The Bertz CT molecular complexity index is 139. The zero-order valence-corrected chi connectivity index (χ0v) is 11.2. The third kappa shape index (κ3) is 6.16. The number of methoxy groups -OCH3 is 1. The molecule has 92 valence electrons. The summed E-state index contributed by atoms with van der Waals surface area (Å²) in [6.07, 6.45) is 3.75. The minimum Gasteiger partial charge on any atom is -0.384 e. The normalized spacial score (nSPS) is 15.6. The molecule has 0 heterocycles. The van der Waals surface area contributed by atoms with Gasteiger partial charge in [-0.15, -0.1) is 0 Å². The van der Waals surface area contributed by atoms with Crippen molar-refractivity contribution in [3.8, 4) is 0 Å². The van der Waals surface area contributed by atoms with Gasteiger partial charge in [-0.2, -0.15) is 0 Å². The van der Waals surface area contributed by atoms with Gasteiger partial charge in [0.1, 0.15) is 0 Å². The van der Waals surface area contributed by atoms with Gasteiger partial charge in [-0.05, 0) is 25.3 Å². The molecule has 0 spiro atoms. The van der Waals surface area contributed by atoms with Gasteiger partial charge in [0.15, 0.2) is 0 Å². The molecule has 0 aromatic rings. The van der Waals surface area contributed by atoms with Crippen molar-refractivity contribution in [2.24, 2.45) is 11.3 Å². The van der Waals surface area contributed by atoms with Crippen LogP contribution in [0.25, 0.3) is 0 Å². The van der Waals surface area contributed by atoms with E-state index in [1.54, 1.807) is 0 Å². The molecule has 0 aromatic heterocycles. The molecule has 2 heteroatoms. The average molecular weight is 215 g/mol. The van der Waals surface area contributed by atoms with Crippen molar-refractivity contribution < 1.29 is 4.74 Å². The third-order valence-electron chi connectivity index (χ3n) is 2.82. The molecule has 2 nitrogen and oxygen atoms in total. The fourth-order valence-corrected chi connectivity index (χ4v) is 2.54. The summed E-state index contributed by atoms with van der Waals surface area (Å²) >= 11 is 0. The molecule has 0 saturated carbocycles. The van der Waals surface area contributed by atoms with E-state index in [1.165, 1.54) is 19.3 Å². The van der Waals surface area contributed by atoms with Crippen molar-refractivity contribution in [3.05, 3.63) is 0 Å². The van der Waals surface area contributed by atoms with Gasteiger partial charge in [-0.3, -0.25) is 0 Å². The first-order chi connectivity index (χ1) is 7.10. The quantitative estimate of drug-likeness (QED) is 0.638. The van der Waals surface area contributed by atoms with Crippen molar-refractivity contribution in [2.75, 3.05) is 26.8 Å². The van der Waals surface area contributed by atoms with Gasteiger partial charge < -0.3 is 10.1 Å². The predicted molar refractivity (Wildman–Crippen MR) is 67.2 cm³/mol. The van der Waals surface area contributed by atoms with E-state index in [9.17, 15) is 0 Å². The van der Waals surface area contributed by atoms with Crippen LogP contribution in [0.1, 0.15) is 47.0 Å². The minimum absolute atomic E-state index is 0.341. The van der Waals surface area contributed by atoms with Crippen molar-refractivity contribution in [3.63, 3.8) is 0 Å². The minimum atomic E-state index is 0.341. The average Bonchev–Trinajstić information content (AvgIpc) is 2.14. The lowest BCUT2D eigenvalue weighted by Crippen LogP contribution is -2.39.